The van der Waals surface area contributed by atoms with E-state index in [1.807, 2.05) is 29.4 Å². The van der Waals surface area contributed by atoms with E-state index in [4.69, 9.17) is 0 Å². The van der Waals surface area contributed by atoms with Crippen LogP contribution in [-0.2, 0) is 0 Å². The van der Waals surface area contributed by atoms with Crippen LogP contribution in [0.4, 0.5) is 13.2 Å². The van der Waals surface area contributed by atoms with Crippen LogP contribution < -0.4 is 5.43 Å². The molecular weight excluding hydrogens is 341 g/mol. The molecule has 7 heteroatoms. The monoisotopic (exact) mass is 354 g/mol. The van der Waals surface area contributed by atoms with Gasteiger partial charge in [-0.3, -0.25) is 10.4 Å². The Morgan fingerprint density at radius 3 is 2.81 bits per heavy atom. The van der Waals surface area contributed by atoms with E-state index in [-0.39, 0.29) is 5.56 Å². The molecular formula is C19H13F3N4. The molecule has 1 aromatic heterocycles. The van der Waals surface area contributed by atoms with Crippen molar-refractivity contribution in [1.82, 2.24) is 15.4 Å². The number of hydrogen-bond donors (Lipinski definition) is 2. The maximum absolute atomic E-state index is 14.4. The maximum Gasteiger partial charge on any atom is 0.161 e. The lowest BCUT2D eigenvalue weighted by Crippen LogP contribution is -2.36. The van der Waals surface area contributed by atoms with E-state index in [9.17, 15) is 13.2 Å². The van der Waals surface area contributed by atoms with Gasteiger partial charge >= 0.3 is 0 Å². The number of hydrazine groups is 1. The number of benzene rings is 1. The Labute approximate surface area is 147 Å². The second kappa shape index (κ2) is 5.39. The number of fused-ring (bicyclic) bond motifs is 2. The minimum Gasteiger partial charge on any atom is -0.363 e. The second-order valence-corrected chi connectivity index (χ2v) is 6.33. The van der Waals surface area contributed by atoms with Crippen molar-refractivity contribution in [3.63, 3.8) is 0 Å². The summed E-state index contributed by atoms with van der Waals surface area (Å²) in [6, 6.07) is 1.56. The zero-order valence-corrected chi connectivity index (χ0v) is 13.4. The third-order valence-electron chi connectivity index (χ3n) is 4.91. The smallest absolute Gasteiger partial charge is 0.161 e. The Bertz CT molecular complexity index is 1050. The van der Waals surface area contributed by atoms with Crippen molar-refractivity contribution >= 4 is 18.1 Å². The first-order valence-corrected chi connectivity index (χ1v) is 8.16. The van der Waals surface area contributed by atoms with E-state index in [1.54, 1.807) is 12.5 Å². The van der Waals surface area contributed by atoms with Gasteiger partial charge in [-0.15, -0.1) is 0 Å². The van der Waals surface area contributed by atoms with Gasteiger partial charge in [-0.05, 0) is 18.6 Å². The first-order valence-electron chi connectivity index (χ1n) is 8.16. The molecule has 3 aliphatic rings. The quantitative estimate of drug-likeness (QED) is 0.760. The molecule has 130 valence electrons. The van der Waals surface area contributed by atoms with Gasteiger partial charge in [0.1, 0.15) is 12.2 Å². The SMILES string of the molecule is Fc1cc(F)c(C2CC=C3c4c(c[nH]c42)C=CC2=CN=CNN23)cc1F. The van der Waals surface area contributed by atoms with Gasteiger partial charge in [0.05, 0.1) is 17.6 Å². The summed E-state index contributed by atoms with van der Waals surface area (Å²) in [6.07, 6.45) is 11.5. The summed E-state index contributed by atoms with van der Waals surface area (Å²) in [4.78, 5) is 7.30. The highest BCUT2D eigenvalue weighted by Crippen LogP contribution is 2.44. The molecule has 1 aromatic carbocycles. The van der Waals surface area contributed by atoms with E-state index in [2.05, 4.69) is 15.4 Å². The molecule has 0 amide bonds. The van der Waals surface area contributed by atoms with Gasteiger partial charge in [0.25, 0.3) is 0 Å². The van der Waals surface area contributed by atoms with Gasteiger partial charge in [0, 0.05) is 40.6 Å². The predicted molar refractivity (Wildman–Crippen MR) is 92.1 cm³/mol. The number of rotatable bonds is 1. The van der Waals surface area contributed by atoms with Crippen molar-refractivity contribution in [1.29, 1.82) is 0 Å². The zero-order chi connectivity index (χ0) is 17.8. The zero-order valence-electron chi connectivity index (χ0n) is 13.4. The summed E-state index contributed by atoms with van der Waals surface area (Å²) >= 11 is 0. The largest absolute Gasteiger partial charge is 0.363 e. The number of halogens is 3. The predicted octanol–water partition coefficient (Wildman–Crippen LogP) is 4.03. The molecule has 2 aliphatic heterocycles. The summed E-state index contributed by atoms with van der Waals surface area (Å²) in [5, 5.41) is 1.89. The number of aliphatic imine (C=N–C) groups is 1. The Kier molecular flexibility index (Phi) is 3.12. The van der Waals surface area contributed by atoms with Gasteiger partial charge in [0.2, 0.25) is 0 Å². The average molecular weight is 354 g/mol. The lowest BCUT2D eigenvalue weighted by molar-refractivity contribution is 0.448. The fourth-order valence-electron chi connectivity index (χ4n) is 3.73. The first-order chi connectivity index (χ1) is 12.6. The summed E-state index contributed by atoms with van der Waals surface area (Å²) in [5.74, 6) is -3.40. The van der Waals surface area contributed by atoms with E-state index in [0.29, 0.717) is 12.5 Å². The van der Waals surface area contributed by atoms with E-state index in [0.717, 1.165) is 34.3 Å². The van der Waals surface area contributed by atoms with Crippen LogP contribution in [0, 0.1) is 17.5 Å². The van der Waals surface area contributed by atoms with Crippen molar-refractivity contribution in [2.24, 2.45) is 4.99 Å². The molecule has 2 N–H and O–H groups in total. The lowest BCUT2D eigenvalue weighted by Gasteiger charge is -2.32. The Balaban J connectivity index is 1.66. The Hall–Kier alpha value is -3.22. The van der Waals surface area contributed by atoms with Crippen molar-refractivity contribution in [2.45, 2.75) is 12.3 Å². The maximum atomic E-state index is 14.4. The number of aromatic amines is 1. The van der Waals surface area contributed by atoms with Crippen LogP contribution in [0.15, 0.2) is 47.4 Å². The molecule has 1 atom stereocenters. The summed E-state index contributed by atoms with van der Waals surface area (Å²) < 4.78 is 41.4. The van der Waals surface area contributed by atoms with Crippen LogP contribution >= 0.6 is 0 Å². The molecule has 0 fully saturated rings. The molecule has 3 heterocycles. The molecule has 4 nitrogen and oxygen atoms in total. The van der Waals surface area contributed by atoms with Crippen LogP contribution in [0.2, 0.25) is 0 Å². The molecule has 0 radical (unpaired) electrons. The third kappa shape index (κ3) is 2.06. The molecule has 0 spiro atoms. The van der Waals surface area contributed by atoms with Gasteiger partial charge in [-0.25, -0.2) is 18.2 Å². The topological polar surface area (TPSA) is 43.4 Å². The molecule has 1 aliphatic carbocycles. The summed E-state index contributed by atoms with van der Waals surface area (Å²) in [7, 11) is 0. The number of nitrogens with one attached hydrogen (secondary N) is 2. The first kappa shape index (κ1) is 15.1. The summed E-state index contributed by atoms with van der Waals surface area (Å²) in [5.41, 5.74) is 7.65. The van der Waals surface area contributed by atoms with Gasteiger partial charge in [-0.1, -0.05) is 12.2 Å². The highest BCUT2D eigenvalue weighted by molar-refractivity contribution is 5.82. The Morgan fingerprint density at radius 1 is 1.08 bits per heavy atom. The van der Waals surface area contributed by atoms with Crippen molar-refractivity contribution in [2.75, 3.05) is 0 Å². The van der Waals surface area contributed by atoms with E-state index < -0.39 is 23.4 Å². The van der Waals surface area contributed by atoms with Gasteiger partial charge in [0.15, 0.2) is 11.6 Å². The molecule has 2 aromatic rings. The van der Waals surface area contributed by atoms with Crippen LogP contribution in [0.3, 0.4) is 0 Å². The second-order valence-electron chi connectivity index (χ2n) is 6.33. The molecule has 5 rings (SSSR count). The number of aromatic nitrogens is 1. The number of H-pyrrole nitrogens is 1. The molecule has 26 heavy (non-hydrogen) atoms. The fourth-order valence-corrected chi connectivity index (χ4v) is 3.73. The molecule has 1 unspecified atom stereocenters. The van der Waals surface area contributed by atoms with Crippen LogP contribution in [0.5, 0.6) is 0 Å². The minimum atomic E-state index is -1.18. The van der Waals surface area contributed by atoms with Crippen molar-refractivity contribution < 1.29 is 13.2 Å². The normalized spacial score (nSPS) is 20.0. The minimum absolute atomic E-state index is 0.140. The highest BCUT2D eigenvalue weighted by Gasteiger charge is 2.33. The lowest BCUT2D eigenvalue weighted by atomic mass is 9.84. The van der Waals surface area contributed by atoms with E-state index in [1.165, 1.54) is 0 Å². The van der Waals surface area contributed by atoms with Crippen LogP contribution in [0.25, 0.3) is 11.8 Å². The highest BCUT2D eigenvalue weighted by atomic mass is 19.2. The molecule has 0 bridgehead atoms. The van der Waals surface area contributed by atoms with Crippen molar-refractivity contribution in [3.8, 4) is 0 Å². The number of hydrogen-bond acceptors (Lipinski definition) is 3. The third-order valence-corrected chi connectivity index (χ3v) is 4.91. The van der Waals surface area contributed by atoms with Gasteiger partial charge < -0.3 is 4.98 Å². The van der Waals surface area contributed by atoms with Crippen LogP contribution in [-0.4, -0.2) is 16.3 Å². The van der Waals surface area contributed by atoms with Crippen molar-refractivity contribution in [3.05, 3.63) is 82.2 Å². The molecule has 0 saturated carbocycles. The average Bonchev–Trinajstić information content (AvgIpc) is 2.99. The molecule has 0 saturated heterocycles. The van der Waals surface area contributed by atoms with Crippen LogP contribution in [0.1, 0.15) is 34.7 Å². The Morgan fingerprint density at radius 2 is 1.92 bits per heavy atom. The summed E-state index contributed by atoms with van der Waals surface area (Å²) in [6.45, 7) is 0. The number of allylic oxidation sites excluding steroid dienone is 2. The number of nitrogens with zero attached hydrogens (tertiary/aromatic N) is 2. The van der Waals surface area contributed by atoms with Gasteiger partial charge in [-0.2, -0.15) is 0 Å². The standard InChI is InChI=1S/C19H13F3N4/c20-14-6-16(22)15(21)5-13(14)12-3-4-17-18-10(7-24-19(12)18)1-2-11-8-23-9-25-26(11)17/h1-2,4-9,12,24H,3H2,(H,23,25). The van der Waals surface area contributed by atoms with E-state index >= 15 is 0 Å². The fraction of sp³-hybridized carbons (Fsp3) is 0.105.